The first-order valence-electron chi connectivity index (χ1n) is 7.32. The molecule has 1 aromatic carbocycles. The first-order valence-corrected chi connectivity index (χ1v) is 7.32. The zero-order chi connectivity index (χ0) is 13.9. The van der Waals surface area contributed by atoms with Crippen LogP contribution < -0.4 is 5.32 Å². The van der Waals surface area contributed by atoms with Crippen LogP contribution in [0.1, 0.15) is 20.3 Å². The van der Waals surface area contributed by atoms with E-state index in [4.69, 9.17) is 0 Å². The Morgan fingerprint density at radius 1 is 1.30 bits per heavy atom. The molecular formula is C16H22N4. The number of hydrogen-bond acceptors (Lipinski definition) is 3. The molecule has 20 heavy (non-hydrogen) atoms. The number of aromatic nitrogens is 2. The van der Waals surface area contributed by atoms with Crippen LogP contribution in [0.4, 0.5) is 5.69 Å². The second-order valence-electron chi connectivity index (χ2n) is 5.71. The van der Waals surface area contributed by atoms with Crippen LogP contribution in [0.2, 0.25) is 0 Å². The molecule has 3 rings (SSSR count). The Bertz CT molecular complexity index is 547. The van der Waals surface area contributed by atoms with Gasteiger partial charge in [-0.25, -0.2) is 4.98 Å². The van der Waals surface area contributed by atoms with E-state index in [1.807, 2.05) is 18.7 Å². The fourth-order valence-corrected chi connectivity index (χ4v) is 2.82. The van der Waals surface area contributed by atoms with Gasteiger partial charge in [0, 0.05) is 37.6 Å². The normalized spacial score (nSPS) is 19.6. The van der Waals surface area contributed by atoms with Gasteiger partial charge in [-0.05, 0) is 32.4 Å². The largest absolute Gasteiger partial charge is 0.379 e. The number of imidazole rings is 1. The van der Waals surface area contributed by atoms with Crippen LogP contribution in [0.5, 0.6) is 0 Å². The van der Waals surface area contributed by atoms with Crippen molar-refractivity contribution in [2.24, 2.45) is 0 Å². The maximum Gasteiger partial charge on any atom is 0.0992 e. The Morgan fingerprint density at radius 2 is 2.15 bits per heavy atom. The van der Waals surface area contributed by atoms with Crippen molar-refractivity contribution in [2.75, 3.05) is 18.4 Å². The quantitative estimate of drug-likeness (QED) is 0.927. The minimum absolute atomic E-state index is 0.530. The van der Waals surface area contributed by atoms with Crippen molar-refractivity contribution in [3.63, 3.8) is 0 Å². The summed E-state index contributed by atoms with van der Waals surface area (Å²) in [5, 5.41) is 3.69. The zero-order valence-electron chi connectivity index (χ0n) is 12.2. The van der Waals surface area contributed by atoms with Crippen molar-refractivity contribution in [3.05, 3.63) is 43.0 Å². The van der Waals surface area contributed by atoms with E-state index in [1.54, 1.807) is 0 Å². The van der Waals surface area contributed by atoms with Gasteiger partial charge in [0.05, 0.1) is 17.7 Å². The molecular weight excluding hydrogens is 248 g/mol. The first-order chi connectivity index (χ1) is 9.74. The van der Waals surface area contributed by atoms with E-state index in [-0.39, 0.29) is 0 Å². The number of likely N-dealkylation sites (tertiary alicyclic amines) is 1. The van der Waals surface area contributed by atoms with Crippen LogP contribution in [0.25, 0.3) is 5.69 Å². The minimum Gasteiger partial charge on any atom is -0.379 e. The summed E-state index contributed by atoms with van der Waals surface area (Å²) in [4.78, 5) is 6.66. The van der Waals surface area contributed by atoms with Crippen LogP contribution >= 0.6 is 0 Å². The van der Waals surface area contributed by atoms with Gasteiger partial charge < -0.3 is 9.88 Å². The maximum absolute atomic E-state index is 4.13. The first kappa shape index (κ1) is 13.2. The Morgan fingerprint density at radius 3 is 2.85 bits per heavy atom. The van der Waals surface area contributed by atoms with Crippen molar-refractivity contribution >= 4 is 5.69 Å². The van der Waals surface area contributed by atoms with Crippen LogP contribution in [0.3, 0.4) is 0 Å². The molecule has 0 bridgehead atoms. The van der Waals surface area contributed by atoms with Crippen LogP contribution in [0.15, 0.2) is 43.0 Å². The van der Waals surface area contributed by atoms with Crippen molar-refractivity contribution < 1.29 is 0 Å². The van der Waals surface area contributed by atoms with E-state index in [0.717, 1.165) is 12.2 Å². The number of nitrogens with zero attached hydrogens (tertiary/aromatic N) is 3. The predicted octanol–water partition coefficient (Wildman–Crippen LogP) is 2.77. The highest BCUT2D eigenvalue weighted by Gasteiger charge is 2.24. The number of hydrogen-bond donors (Lipinski definition) is 1. The number of anilines is 1. The molecule has 1 aliphatic rings. The molecule has 1 aromatic heterocycles. The molecule has 4 heteroatoms. The molecule has 1 saturated heterocycles. The lowest BCUT2D eigenvalue weighted by Gasteiger charge is -2.21. The van der Waals surface area contributed by atoms with E-state index in [1.165, 1.54) is 18.7 Å². The molecule has 1 atom stereocenters. The summed E-state index contributed by atoms with van der Waals surface area (Å²) in [6, 6.07) is 9.58. The summed E-state index contributed by atoms with van der Waals surface area (Å²) in [6.45, 7) is 6.84. The van der Waals surface area contributed by atoms with E-state index in [0.29, 0.717) is 12.1 Å². The highest BCUT2D eigenvalue weighted by atomic mass is 15.2. The number of nitrogens with one attached hydrogen (secondary N) is 1. The monoisotopic (exact) mass is 270 g/mol. The fraction of sp³-hybridized carbons (Fsp3) is 0.438. The van der Waals surface area contributed by atoms with Crippen LogP contribution in [-0.4, -0.2) is 39.6 Å². The summed E-state index contributed by atoms with van der Waals surface area (Å²) in [6.07, 6.45) is 6.84. The molecule has 0 spiro atoms. The highest BCUT2D eigenvalue weighted by molar-refractivity contribution is 5.61. The van der Waals surface area contributed by atoms with Gasteiger partial charge in [0.2, 0.25) is 0 Å². The lowest BCUT2D eigenvalue weighted by molar-refractivity contribution is 0.274. The van der Waals surface area contributed by atoms with E-state index in [2.05, 4.69) is 57.9 Å². The summed E-state index contributed by atoms with van der Waals surface area (Å²) in [5.41, 5.74) is 2.34. The van der Waals surface area contributed by atoms with E-state index >= 15 is 0 Å². The summed E-state index contributed by atoms with van der Waals surface area (Å²) in [5.74, 6) is 0. The molecule has 2 aromatic rings. The second kappa shape index (κ2) is 5.67. The third-order valence-electron chi connectivity index (χ3n) is 4.00. The molecule has 0 saturated carbocycles. The molecule has 1 fully saturated rings. The van der Waals surface area contributed by atoms with Crippen molar-refractivity contribution in [3.8, 4) is 5.69 Å². The molecule has 4 nitrogen and oxygen atoms in total. The van der Waals surface area contributed by atoms with Gasteiger partial charge in [-0.15, -0.1) is 0 Å². The summed E-state index contributed by atoms with van der Waals surface area (Å²) in [7, 11) is 0. The van der Waals surface area contributed by atoms with Gasteiger partial charge in [-0.1, -0.05) is 12.1 Å². The Kier molecular flexibility index (Phi) is 3.74. The summed E-state index contributed by atoms with van der Waals surface area (Å²) >= 11 is 0. The van der Waals surface area contributed by atoms with E-state index in [9.17, 15) is 0 Å². The van der Waals surface area contributed by atoms with Gasteiger partial charge in [-0.3, -0.25) is 4.90 Å². The summed E-state index contributed by atoms with van der Waals surface area (Å²) < 4.78 is 2.05. The van der Waals surface area contributed by atoms with Gasteiger partial charge in [-0.2, -0.15) is 0 Å². The maximum atomic E-state index is 4.13. The molecule has 2 heterocycles. The van der Waals surface area contributed by atoms with Crippen LogP contribution in [-0.2, 0) is 0 Å². The van der Waals surface area contributed by atoms with Crippen molar-refractivity contribution in [1.82, 2.24) is 14.5 Å². The van der Waals surface area contributed by atoms with Gasteiger partial charge in [0.25, 0.3) is 0 Å². The lowest BCUT2D eigenvalue weighted by atomic mass is 10.2. The zero-order valence-corrected chi connectivity index (χ0v) is 12.2. The fourth-order valence-electron chi connectivity index (χ4n) is 2.82. The standard InChI is InChI=1S/C16H22N4/c1-13(2)19-9-7-14(11-19)18-15-5-3-4-6-16(15)20-10-8-17-12-20/h3-6,8,10,12-14,18H,7,9,11H2,1-2H3. The molecule has 1 aliphatic heterocycles. The topological polar surface area (TPSA) is 33.1 Å². The van der Waals surface area contributed by atoms with Gasteiger partial charge in [0.1, 0.15) is 0 Å². The third-order valence-corrected chi connectivity index (χ3v) is 4.00. The predicted molar refractivity (Wildman–Crippen MR) is 82.3 cm³/mol. The van der Waals surface area contributed by atoms with E-state index < -0.39 is 0 Å². The smallest absolute Gasteiger partial charge is 0.0992 e. The number of rotatable bonds is 4. The lowest BCUT2D eigenvalue weighted by Crippen LogP contribution is -2.31. The average Bonchev–Trinajstić information content (AvgIpc) is 3.10. The Hall–Kier alpha value is -1.81. The minimum atomic E-state index is 0.530. The third kappa shape index (κ3) is 2.70. The van der Waals surface area contributed by atoms with Gasteiger partial charge >= 0.3 is 0 Å². The molecule has 0 radical (unpaired) electrons. The Labute approximate surface area is 120 Å². The molecule has 1 unspecified atom stereocenters. The van der Waals surface area contributed by atoms with Crippen LogP contribution in [0, 0.1) is 0 Å². The molecule has 0 aliphatic carbocycles. The average molecular weight is 270 g/mol. The molecule has 106 valence electrons. The second-order valence-corrected chi connectivity index (χ2v) is 5.71. The Balaban J connectivity index is 1.76. The molecule has 1 N–H and O–H groups in total. The SMILES string of the molecule is CC(C)N1CCC(Nc2ccccc2-n2ccnc2)C1. The number of para-hydroxylation sites is 2. The molecule has 0 amide bonds. The highest BCUT2D eigenvalue weighted by Crippen LogP contribution is 2.23. The van der Waals surface area contributed by atoms with Crippen molar-refractivity contribution in [2.45, 2.75) is 32.4 Å². The van der Waals surface area contributed by atoms with Crippen molar-refractivity contribution in [1.29, 1.82) is 0 Å². The number of benzene rings is 1. The van der Waals surface area contributed by atoms with Gasteiger partial charge in [0.15, 0.2) is 0 Å².